The van der Waals surface area contributed by atoms with Gasteiger partial charge >= 0.3 is 0 Å². The first-order valence-corrected chi connectivity index (χ1v) is 6.97. The van der Waals surface area contributed by atoms with Crippen molar-refractivity contribution in [2.45, 2.75) is 38.1 Å². The molecule has 3 N–H and O–H groups in total. The van der Waals surface area contributed by atoms with Crippen molar-refractivity contribution in [3.8, 4) is 5.75 Å². The molecule has 0 aliphatic carbocycles. The highest BCUT2D eigenvalue weighted by Crippen LogP contribution is 2.33. The molecule has 1 aromatic carbocycles. The average Bonchev–Trinajstić information content (AvgIpc) is 2.44. The van der Waals surface area contributed by atoms with Gasteiger partial charge in [-0.05, 0) is 18.9 Å². The Bertz CT molecular complexity index is 434. The van der Waals surface area contributed by atoms with Gasteiger partial charge < -0.3 is 15.8 Å². The summed E-state index contributed by atoms with van der Waals surface area (Å²) < 4.78 is 5.56. The molecule has 1 aliphatic rings. The van der Waals surface area contributed by atoms with E-state index in [0.29, 0.717) is 13.2 Å². The van der Waals surface area contributed by atoms with Crippen LogP contribution in [0.15, 0.2) is 24.3 Å². The van der Waals surface area contributed by atoms with Crippen LogP contribution >= 0.6 is 0 Å². The van der Waals surface area contributed by atoms with E-state index in [0.717, 1.165) is 30.6 Å². The Labute approximate surface area is 114 Å². The monoisotopic (exact) mass is 262 g/mol. The fraction of sp³-hybridized carbons (Fsp3) is 0.533. The van der Waals surface area contributed by atoms with Crippen LogP contribution in [0.25, 0.3) is 0 Å². The van der Waals surface area contributed by atoms with Gasteiger partial charge in [0.1, 0.15) is 5.75 Å². The molecule has 2 atom stereocenters. The second kappa shape index (κ2) is 6.57. The lowest BCUT2D eigenvalue weighted by atomic mass is 9.92. The van der Waals surface area contributed by atoms with Crippen molar-refractivity contribution in [1.29, 1.82) is 0 Å². The fourth-order valence-electron chi connectivity index (χ4n) is 2.44. The zero-order chi connectivity index (χ0) is 13.7. The predicted molar refractivity (Wildman–Crippen MR) is 75.2 cm³/mol. The Morgan fingerprint density at radius 3 is 3.11 bits per heavy atom. The molecule has 0 fully saturated rings. The molecule has 1 aliphatic heterocycles. The minimum absolute atomic E-state index is 0.0454. The minimum atomic E-state index is -0.112. The number of para-hydroxylation sites is 1. The number of amides is 1. The van der Waals surface area contributed by atoms with Gasteiger partial charge in [0.05, 0.1) is 12.5 Å². The van der Waals surface area contributed by atoms with Crippen molar-refractivity contribution >= 4 is 5.91 Å². The number of carbonyl (C=O) groups is 1. The molecule has 0 saturated carbocycles. The molecule has 0 bridgehead atoms. The number of rotatable bonds is 5. The third-order valence-corrected chi connectivity index (χ3v) is 3.47. The highest BCUT2D eigenvalue weighted by Gasteiger charge is 2.27. The topological polar surface area (TPSA) is 64.3 Å². The van der Waals surface area contributed by atoms with Crippen molar-refractivity contribution in [3.05, 3.63) is 29.8 Å². The number of nitrogens with one attached hydrogen (secondary N) is 1. The Kier molecular flexibility index (Phi) is 4.80. The number of hydrogen-bond donors (Lipinski definition) is 2. The molecule has 2 unspecified atom stereocenters. The van der Waals surface area contributed by atoms with Gasteiger partial charge in [0.2, 0.25) is 5.91 Å². The molecule has 1 amide bonds. The number of nitrogens with two attached hydrogens (primary N) is 1. The summed E-state index contributed by atoms with van der Waals surface area (Å²) in [7, 11) is 0. The molecule has 1 aromatic rings. The first-order chi connectivity index (χ1) is 9.22. The summed E-state index contributed by atoms with van der Waals surface area (Å²) >= 11 is 0. The summed E-state index contributed by atoms with van der Waals surface area (Å²) in [6.45, 7) is 3.23. The summed E-state index contributed by atoms with van der Waals surface area (Å²) in [6.07, 6.45) is 2.70. The van der Waals surface area contributed by atoms with Crippen molar-refractivity contribution in [2.75, 3.05) is 13.2 Å². The van der Waals surface area contributed by atoms with E-state index in [1.54, 1.807) is 0 Å². The Hall–Kier alpha value is -1.55. The van der Waals surface area contributed by atoms with Gasteiger partial charge in [0.15, 0.2) is 0 Å². The first-order valence-electron chi connectivity index (χ1n) is 6.97. The maximum Gasteiger partial charge on any atom is 0.227 e. The van der Waals surface area contributed by atoms with Crippen LogP contribution in [-0.4, -0.2) is 25.1 Å². The SMILES string of the molecule is CCCC(N)CNC(=O)C1CCOc2ccccc21. The van der Waals surface area contributed by atoms with Crippen molar-refractivity contribution in [3.63, 3.8) is 0 Å². The van der Waals surface area contributed by atoms with Crippen molar-refractivity contribution < 1.29 is 9.53 Å². The highest BCUT2D eigenvalue weighted by atomic mass is 16.5. The molecule has 0 radical (unpaired) electrons. The Morgan fingerprint density at radius 1 is 1.53 bits per heavy atom. The zero-order valence-electron chi connectivity index (χ0n) is 11.4. The van der Waals surface area contributed by atoms with Gasteiger partial charge in [0.25, 0.3) is 0 Å². The number of benzene rings is 1. The van der Waals surface area contributed by atoms with Crippen LogP contribution in [0.4, 0.5) is 0 Å². The summed E-state index contributed by atoms with van der Waals surface area (Å²) in [5.41, 5.74) is 6.90. The molecule has 0 aromatic heterocycles. The summed E-state index contributed by atoms with van der Waals surface area (Å²) in [5.74, 6) is 0.771. The van der Waals surface area contributed by atoms with Gasteiger partial charge in [-0.3, -0.25) is 4.79 Å². The number of carbonyl (C=O) groups excluding carboxylic acids is 1. The van der Waals surface area contributed by atoms with Crippen LogP contribution in [0.1, 0.15) is 37.7 Å². The molecule has 19 heavy (non-hydrogen) atoms. The molecular formula is C15H22N2O2. The molecule has 0 saturated heterocycles. The van der Waals surface area contributed by atoms with E-state index in [1.165, 1.54) is 0 Å². The predicted octanol–water partition coefficient (Wildman–Crippen LogP) is 1.80. The van der Waals surface area contributed by atoms with Crippen LogP contribution in [-0.2, 0) is 4.79 Å². The largest absolute Gasteiger partial charge is 0.493 e. The van der Waals surface area contributed by atoms with E-state index in [2.05, 4.69) is 12.2 Å². The average molecular weight is 262 g/mol. The fourth-order valence-corrected chi connectivity index (χ4v) is 2.44. The highest BCUT2D eigenvalue weighted by molar-refractivity contribution is 5.84. The summed E-state index contributed by atoms with van der Waals surface area (Å²) in [6, 6.07) is 7.79. The second-order valence-electron chi connectivity index (χ2n) is 5.02. The van der Waals surface area contributed by atoms with E-state index in [1.807, 2.05) is 24.3 Å². The lowest BCUT2D eigenvalue weighted by molar-refractivity contribution is -0.123. The van der Waals surface area contributed by atoms with Gasteiger partial charge in [-0.25, -0.2) is 0 Å². The second-order valence-corrected chi connectivity index (χ2v) is 5.02. The van der Waals surface area contributed by atoms with E-state index >= 15 is 0 Å². The number of fused-ring (bicyclic) bond motifs is 1. The third-order valence-electron chi connectivity index (χ3n) is 3.47. The maximum atomic E-state index is 12.2. The van der Waals surface area contributed by atoms with Crippen LogP contribution in [0.2, 0.25) is 0 Å². The Morgan fingerprint density at radius 2 is 2.32 bits per heavy atom. The molecule has 104 valence electrons. The van der Waals surface area contributed by atoms with Crippen LogP contribution in [0, 0.1) is 0 Å². The van der Waals surface area contributed by atoms with Gasteiger partial charge in [-0.1, -0.05) is 31.5 Å². The van der Waals surface area contributed by atoms with Gasteiger partial charge in [-0.15, -0.1) is 0 Å². The standard InChI is InChI=1S/C15H22N2O2/c1-2-5-11(16)10-17-15(18)13-8-9-19-14-7-4-3-6-12(13)14/h3-4,6-7,11,13H,2,5,8-10,16H2,1H3,(H,17,18). The minimum Gasteiger partial charge on any atom is -0.493 e. The lowest BCUT2D eigenvalue weighted by Crippen LogP contribution is -2.40. The summed E-state index contributed by atoms with van der Waals surface area (Å²) in [5, 5.41) is 2.96. The van der Waals surface area contributed by atoms with Crippen LogP contribution in [0.3, 0.4) is 0 Å². The number of hydrogen-bond acceptors (Lipinski definition) is 3. The van der Waals surface area contributed by atoms with E-state index < -0.39 is 0 Å². The molecule has 4 nitrogen and oxygen atoms in total. The quantitative estimate of drug-likeness (QED) is 0.850. The normalized spacial score (nSPS) is 19.2. The maximum absolute atomic E-state index is 12.2. The lowest BCUT2D eigenvalue weighted by Gasteiger charge is -2.25. The summed E-state index contributed by atoms with van der Waals surface area (Å²) in [4.78, 5) is 12.2. The molecular weight excluding hydrogens is 240 g/mol. The third kappa shape index (κ3) is 3.47. The van der Waals surface area contributed by atoms with Crippen molar-refractivity contribution in [1.82, 2.24) is 5.32 Å². The first kappa shape index (κ1) is 13.9. The van der Waals surface area contributed by atoms with E-state index in [-0.39, 0.29) is 17.9 Å². The number of ether oxygens (including phenoxy) is 1. The van der Waals surface area contributed by atoms with E-state index in [4.69, 9.17) is 10.5 Å². The van der Waals surface area contributed by atoms with Gasteiger partial charge in [-0.2, -0.15) is 0 Å². The molecule has 0 spiro atoms. The van der Waals surface area contributed by atoms with Gasteiger partial charge in [0, 0.05) is 18.2 Å². The van der Waals surface area contributed by atoms with E-state index in [9.17, 15) is 4.79 Å². The zero-order valence-corrected chi connectivity index (χ0v) is 11.4. The Balaban J connectivity index is 1.97. The molecule has 1 heterocycles. The molecule has 2 rings (SSSR count). The van der Waals surface area contributed by atoms with Crippen LogP contribution < -0.4 is 15.8 Å². The van der Waals surface area contributed by atoms with Crippen molar-refractivity contribution in [2.24, 2.45) is 5.73 Å². The smallest absolute Gasteiger partial charge is 0.227 e. The van der Waals surface area contributed by atoms with Crippen LogP contribution in [0.5, 0.6) is 5.75 Å². The molecule has 4 heteroatoms.